The van der Waals surface area contributed by atoms with E-state index in [4.69, 9.17) is 10.8 Å². The average Bonchev–Trinajstić information content (AvgIpc) is 2.18. The minimum absolute atomic E-state index is 0.387. The van der Waals surface area contributed by atoms with Gasteiger partial charge in [0.1, 0.15) is 22.5 Å². The number of carbonyl (C=O) groups is 1. The molecule has 1 unspecified atom stereocenters. The number of sulfone groups is 1. The summed E-state index contributed by atoms with van der Waals surface area (Å²) in [6.45, 7) is 0. The summed E-state index contributed by atoms with van der Waals surface area (Å²) in [6.07, 6.45) is 0.766. The van der Waals surface area contributed by atoms with Crippen LogP contribution in [0.2, 0.25) is 0 Å². The van der Waals surface area contributed by atoms with Crippen molar-refractivity contribution in [2.24, 2.45) is 5.73 Å². The highest BCUT2D eigenvalue weighted by Gasteiger charge is 2.23. The normalized spacial score (nSPS) is 13.4. The van der Waals surface area contributed by atoms with Gasteiger partial charge in [-0.15, -0.1) is 0 Å². The van der Waals surface area contributed by atoms with Gasteiger partial charge in [-0.25, -0.2) is 12.8 Å². The molecule has 1 atom stereocenters. The molecule has 1 aromatic carbocycles. The van der Waals surface area contributed by atoms with Gasteiger partial charge in [-0.2, -0.15) is 0 Å². The number of phenols is 1. The number of hydrogen-bond acceptors (Lipinski definition) is 5. The van der Waals surface area contributed by atoms with Crippen molar-refractivity contribution in [2.45, 2.75) is 10.9 Å². The van der Waals surface area contributed by atoms with Crippen molar-refractivity contribution >= 4 is 15.8 Å². The number of rotatable bonds is 3. The maximum atomic E-state index is 13.4. The van der Waals surface area contributed by atoms with E-state index in [1.54, 1.807) is 0 Å². The van der Waals surface area contributed by atoms with E-state index in [-0.39, 0.29) is 5.56 Å². The lowest BCUT2D eigenvalue weighted by atomic mass is 10.1. The Morgan fingerprint density at radius 2 is 2.00 bits per heavy atom. The number of aliphatic carboxylic acids is 1. The Bertz CT molecular complexity index is 569. The summed E-state index contributed by atoms with van der Waals surface area (Å²) < 4.78 is 35.7. The van der Waals surface area contributed by atoms with Crippen molar-refractivity contribution in [1.82, 2.24) is 0 Å². The van der Waals surface area contributed by atoms with E-state index in [1.165, 1.54) is 0 Å². The molecule has 1 aromatic rings. The number of benzene rings is 1. The molecule has 8 heteroatoms. The molecule has 0 fully saturated rings. The molecule has 0 saturated heterocycles. The fourth-order valence-corrected chi connectivity index (χ4v) is 1.96. The molecule has 17 heavy (non-hydrogen) atoms. The largest absolute Gasteiger partial charge is 0.508 e. The third-order valence-electron chi connectivity index (χ3n) is 2.08. The second-order valence-electron chi connectivity index (χ2n) is 3.43. The van der Waals surface area contributed by atoms with Crippen LogP contribution >= 0.6 is 0 Å². The minimum atomic E-state index is -3.84. The number of aromatic hydroxyl groups is 1. The van der Waals surface area contributed by atoms with E-state index < -0.39 is 38.3 Å². The monoisotopic (exact) mass is 263 g/mol. The molecule has 6 nitrogen and oxygen atoms in total. The van der Waals surface area contributed by atoms with Crippen LogP contribution in [0.25, 0.3) is 0 Å². The highest BCUT2D eigenvalue weighted by Crippen LogP contribution is 2.28. The third kappa shape index (κ3) is 2.71. The lowest BCUT2D eigenvalue weighted by Crippen LogP contribution is -2.21. The van der Waals surface area contributed by atoms with Crippen LogP contribution in [0.4, 0.5) is 4.39 Å². The van der Waals surface area contributed by atoms with Crippen LogP contribution in [0.5, 0.6) is 5.75 Å². The van der Waals surface area contributed by atoms with Crippen molar-refractivity contribution in [3.8, 4) is 5.75 Å². The van der Waals surface area contributed by atoms with Gasteiger partial charge in [0.15, 0.2) is 9.84 Å². The van der Waals surface area contributed by atoms with Gasteiger partial charge in [0.25, 0.3) is 0 Å². The van der Waals surface area contributed by atoms with Crippen LogP contribution in [0.3, 0.4) is 0 Å². The van der Waals surface area contributed by atoms with Gasteiger partial charge in [0.05, 0.1) is 0 Å². The van der Waals surface area contributed by atoms with Gasteiger partial charge >= 0.3 is 5.97 Å². The number of phenolic OH excluding ortho intramolecular Hbond substituents is 1. The summed E-state index contributed by atoms with van der Waals surface area (Å²) in [5.41, 5.74) is 4.80. The standard InChI is InChI=1S/C9H10FNO5S/c1-17(15,16)7-3-6(12)4(2-5(7)10)8(11)9(13)14/h2-3,8,12H,11H2,1H3,(H,13,14). The molecule has 0 aliphatic carbocycles. The summed E-state index contributed by atoms with van der Waals surface area (Å²) in [4.78, 5) is 9.86. The molecule has 0 saturated carbocycles. The van der Waals surface area contributed by atoms with E-state index in [0.717, 1.165) is 6.26 Å². The molecule has 0 heterocycles. The Kier molecular flexibility index (Phi) is 3.39. The predicted octanol–water partition coefficient (Wildman–Crippen LogP) is 0.0192. The first kappa shape index (κ1) is 13.4. The first-order chi connectivity index (χ1) is 7.64. The summed E-state index contributed by atoms with van der Waals surface area (Å²) in [6, 6.07) is -0.383. The zero-order valence-electron chi connectivity index (χ0n) is 8.71. The SMILES string of the molecule is CS(=O)(=O)c1cc(O)c(C(N)C(=O)O)cc1F. The fraction of sp³-hybridized carbons (Fsp3) is 0.222. The number of carboxylic acids is 1. The maximum absolute atomic E-state index is 13.4. The summed E-state index contributed by atoms with van der Waals surface area (Å²) in [7, 11) is -3.84. The van der Waals surface area contributed by atoms with Gasteiger partial charge in [-0.3, -0.25) is 4.79 Å². The second kappa shape index (κ2) is 4.30. The lowest BCUT2D eigenvalue weighted by Gasteiger charge is -2.11. The first-order valence-corrected chi connectivity index (χ1v) is 6.24. The van der Waals surface area contributed by atoms with E-state index >= 15 is 0 Å². The number of nitrogens with two attached hydrogens (primary N) is 1. The second-order valence-corrected chi connectivity index (χ2v) is 5.41. The van der Waals surface area contributed by atoms with E-state index in [9.17, 15) is 22.7 Å². The van der Waals surface area contributed by atoms with Crippen molar-refractivity contribution in [1.29, 1.82) is 0 Å². The Labute approximate surface area is 96.4 Å². The molecule has 4 N–H and O–H groups in total. The molecule has 94 valence electrons. The Balaban J connectivity index is 3.43. The molecule has 1 rings (SSSR count). The summed E-state index contributed by atoms with van der Waals surface area (Å²) in [5.74, 6) is -3.30. The Morgan fingerprint density at radius 3 is 2.41 bits per heavy atom. The zero-order chi connectivity index (χ0) is 13.4. The van der Waals surface area contributed by atoms with E-state index in [1.807, 2.05) is 0 Å². The molecular formula is C9H10FNO5S. The molecule has 0 aliphatic rings. The smallest absolute Gasteiger partial charge is 0.325 e. The van der Waals surface area contributed by atoms with Gasteiger partial charge in [-0.1, -0.05) is 0 Å². The summed E-state index contributed by atoms with van der Waals surface area (Å²) in [5, 5.41) is 18.0. The number of hydrogen-bond donors (Lipinski definition) is 3. The van der Waals surface area contributed by atoms with Crippen molar-refractivity contribution < 1.29 is 27.8 Å². The van der Waals surface area contributed by atoms with Crippen molar-refractivity contribution in [2.75, 3.05) is 6.26 Å². The summed E-state index contributed by atoms with van der Waals surface area (Å²) >= 11 is 0. The van der Waals surface area contributed by atoms with Crippen molar-refractivity contribution in [3.63, 3.8) is 0 Å². The molecule has 0 amide bonds. The predicted molar refractivity (Wildman–Crippen MR) is 55.7 cm³/mol. The van der Waals surface area contributed by atoms with Crippen LogP contribution in [0, 0.1) is 5.82 Å². The van der Waals surface area contributed by atoms with Crippen LogP contribution in [0.15, 0.2) is 17.0 Å². The molecule has 0 aliphatic heterocycles. The lowest BCUT2D eigenvalue weighted by molar-refractivity contribution is -0.138. The first-order valence-electron chi connectivity index (χ1n) is 4.35. The van der Waals surface area contributed by atoms with E-state index in [0.29, 0.717) is 12.1 Å². The molecule has 0 aromatic heterocycles. The fourth-order valence-electron chi connectivity index (χ4n) is 1.22. The van der Waals surface area contributed by atoms with Crippen LogP contribution in [-0.4, -0.2) is 30.9 Å². The Morgan fingerprint density at radius 1 is 1.47 bits per heavy atom. The number of halogens is 1. The van der Waals surface area contributed by atoms with Crippen LogP contribution < -0.4 is 5.73 Å². The topological polar surface area (TPSA) is 118 Å². The maximum Gasteiger partial charge on any atom is 0.325 e. The zero-order valence-corrected chi connectivity index (χ0v) is 9.53. The Hall–Kier alpha value is -1.67. The quantitative estimate of drug-likeness (QED) is 0.707. The molecule has 0 bridgehead atoms. The van der Waals surface area contributed by atoms with Gasteiger partial charge < -0.3 is 15.9 Å². The minimum Gasteiger partial charge on any atom is -0.508 e. The molecule has 0 radical (unpaired) electrons. The molecule has 0 spiro atoms. The highest BCUT2D eigenvalue weighted by atomic mass is 32.2. The van der Waals surface area contributed by atoms with Gasteiger partial charge in [0, 0.05) is 17.9 Å². The number of carboxylic acid groups (broad SMARTS) is 1. The van der Waals surface area contributed by atoms with Crippen LogP contribution in [0.1, 0.15) is 11.6 Å². The van der Waals surface area contributed by atoms with Crippen molar-refractivity contribution in [3.05, 3.63) is 23.5 Å². The van der Waals surface area contributed by atoms with E-state index in [2.05, 4.69) is 0 Å². The molecular weight excluding hydrogens is 253 g/mol. The van der Waals surface area contributed by atoms with Crippen LogP contribution in [-0.2, 0) is 14.6 Å². The average molecular weight is 263 g/mol. The van der Waals surface area contributed by atoms with Gasteiger partial charge in [0.2, 0.25) is 0 Å². The van der Waals surface area contributed by atoms with Gasteiger partial charge in [-0.05, 0) is 6.07 Å². The highest BCUT2D eigenvalue weighted by molar-refractivity contribution is 7.90. The third-order valence-corrected chi connectivity index (χ3v) is 3.19.